The van der Waals surface area contributed by atoms with Gasteiger partial charge in [0.25, 0.3) is 0 Å². The fourth-order valence-corrected chi connectivity index (χ4v) is 1.79. The number of benzene rings is 1. The number of nitrogens with one attached hydrogen (secondary N) is 1. The smallest absolute Gasteiger partial charge is 0.161 e. The molecule has 0 radical (unpaired) electrons. The van der Waals surface area contributed by atoms with Crippen molar-refractivity contribution in [2.75, 3.05) is 19.8 Å². The van der Waals surface area contributed by atoms with E-state index in [1.165, 1.54) is 0 Å². The van der Waals surface area contributed by atoms with Gasteiger partial charge in [0.05, 0.1) is 19.3 Å². The van der Waals surface area contributed by atoms with Crippen molar-refractivity contribution in [3.8, 4) is 17.6 Å². The molecule has 20 heavy (non-hydrogen) atoms. The Bertz CT molecular complexity index is 442. The molecule has 0 spiro atoms. The van der Waals surface area contributed by atoms with Gasteiger partial charge in [0.2, 0.25) is 0 Å². The van der Waals surface area contributed by atoms with Gasteiger partial charge in [-0.1, -0.05) is 19.1 Å². The van der Waals surface area contributed by atoms with Crippen LogP contribution in [-0.2, 0) is 0 Å². The lowest BCUT2D eigenvalue weighted by Crippen LogP contribution is -2.42. The van der Waals surface area contributed by atoms with E-state index in [0.29, 0.717) is 19.6 Å². The highest BCUT2D eigenvalue weighted by Crippen LogP contribution is 2.26. The SMILES string of the molecule is CCCNC(C)(C#N)CCOc1ccccc1OCC. The Morgan fingerprint density at radius 2 is 1.85 bits per heavy atom. The highest BCUT2D eigenvalue weighted by Gasteiger charge is 2.22. The maximum absolute atomic E-state index is 9.26. The molecule has 1 aromatic carbocycles. The van der Waals surface area contributed by atoms with Gasteiger partial charge in [-0.2, -0.15) is 5.26 Å². The van der Waals surface area contributed by atoms with Gasteiger partial charge in [-0.15, -0.1) is 0 Å². The number of nitrogens with zero attached hydrogens (tertiary/aromatic N) is 1. The van der Waals surface area contributed by atoms with Gasteiger partial charge in [-0.3, -0.25) is 5.32 Å². The molecule has 0 aromatic heterocycles. The number of hydrogen-bond acceptors (Lipinski definition) is 4. The maximum Gasteiger partial charge on any atom is 0.161 e. The molecule has 110 valence electrons. The highest BCUT2D eigenvalue weighted by atomic mass is 16.5. The Kier molecular flexibility index (Phi) is 6.89. The third kappa shape index (κ3) is 5.10. The average molecular weight is 276 g/mol. The minimum absolute atomic E-state index is 0.477. The molecule has 1 aromatic rings. The van der Waals surface area contributed by atoms with Gasteiger partial charge in [0.15, 0.2) is 11.5 Å². The normalized spacial score (nSPS) is 13.3. The molecule has 0 aliphatic rings. The molecule has 4 nitrogen and oxygen atoms in total. The number of ether oxygens (including phenoxy) is 2. The molecule has 0 saturated carbocycles. The van der Waals surface area contributed by atoms with Gasteiger partial charge in [-0.05, 0) is 38.9 Å². The molecule has 1 N–H and O–H groups in total. The Morgan fingerprint density at radius 1 is 1.20 bits per heavy atom. The fourth-order valence-electron chi connectivity index (χ4n) is 1.79. The van der Waals surface area contributed by atoms with E-state index >= 15 is 0 Å². The summed E-state index contributed by atoms with van der Waals surface area (Å²) in [5, 5.41) is 12.5. The minimum Gasteiger partial charge on any atom is -0.490 e. The molecular weight excluding hydrogens is 252 g/mol. The van der Waals surface area contributed by atoms with Crippen LogP contribution in [0.15, 0.2) is 24.3 Å². The molecule has 1 atom stereocenters. The van der Waals surface area contributed by atoms with Crippen molar-refractivity contribution in [3.05, 3.63) is 24.3 Å². The predicted octanol–water partition coefficient (Wildman–Crippen LogP) is 3.14. The van der Waals surface area contributed by atoms with E-state index in [4.69, 9.17) is 9.47 Å². The molecule has 0 bridgehead atoms. The number of rotatable bonds is 9. The summed E-state index contributed by atoms with van der Waals surface area (Å²) in [6.45, 7) is 7.84. The van der Waals surface area contributed by atoms with Crippen LogP contribution in [0.4, 0.5) is 0 Å². The molecule has 0 aliphatic heterocycles. The standard InChI is InChI=1S/C16H24N2O2/c1-4-11-18-16(3,13-17)10-12-20-15-9-7-6-8-14(15)19-5-2/h6-9,18H,4-5,10-12H2,1-3H3. The Labute approximate surface area is 121 Å². The first-order valence-electron chi connectivity index (χ1n) is 7.16. The van der Waals surface area contributed by atoms with Crippen LogP contribution in [0.25, 0.3) is 0 Å². The molecule has 0 amide bonds. The second-order valence-corrected chi connectivity index (χ2v) is 4.85. The van der Waals surface area contributed by atoms with E-state index in [-0.39, 0.29) is 0 Å². The molecule has 0 fully saturated rings. The summed E-state index contributed by atoms with van der Waals surface area (Å²) < 4.78 is 11.3. The van der Waals surface area contributed by atoms with Crippen LogP contribution in [0, 0.1) is 11.3 Å². The zero-order chi connectivity index (χ0) is 14.8. The van der Waals surface area contributed by atoms with Crippen molar-refractivity contribution in [2.24, 2.45) is 0 Å². The van der Waals surface area contributed by atoms with E-state index in [9.17, 15) is 5.26 Å². The largest absolute Gasteiger partial charge is 0.490 e. The maximum atomic E-state index is 9.26. The third-order valence-electron chi connectivity index (χ3n) is 3.02. The average Bonchev–Trinajstić information content (AvgIpc) is 2.47. The van der Waals surface area contributed by atoms with Gasteiger partial charge < -0.3 is 9.47 Å². The molecule has 0 saturated heterocycles. The van der Waals surface area contributed by atoms with Crippen LogP contribution in [-0.4, -0.2) is 25.3 Å². The molecular formula is C16H24N2O2. The van der Waals surface area contributed by atoms with Crippen molar-refractivity contribution in [1.82, 2.24) is 5.32 Å². The Balaban J connectivity index is 2.53. The van der Waals surface area contributed by atoms with Crippen LogP contribution in [0.1, 0.15) is 33.6 Å². The fraction of sp³-hybridized carbons (Fsp3) is 0.562. The predicted molar refractivity (Wildman–Crippen MR) is 80.0 cm³/mol. The first kappa shape index (κ1) is 16.3. The molecule has 4 heteroatoms. The zero-order valence-electron chi connectivity index (χ0n) is 12.6. The molecule has 0 heterocycles. The first-order valence-corrected chi connectivity index (χ1v) is 7.16. The lowest BCUT2D eigenvalue weighted by Gasteiger charge is -2.23. The summed E-state index contributed by atoms with van der Waals surface area (Å²) in [5.74, 6) is 1.47. The third-order valence-corrected chi connectivity index (χ3v) is 3.02. The Hall–Kier alpha value is -1.73. The van der Waals surface area contributed by atoms with E-state index in [1.54, 1.807) is 0 Å². The lowest BCUT2D eigenvalue weighted by atomic mass is 10.0. The van der Waals surface area contributed by atoms with Crippen molar-refractivity contribution in [2.45, 2.75) is 39.2 Å². The van der Waals surface area contributed by atoms with Gasteiger partial charge in [0.1, 0.15) is 5.54 Å². The van der Waals surface area contributed by atoms with Crippen LogP contribution >= 0.6 is 0 Å². The highest BCUT2D eigenvalue weighted by molar-refractivity contribution is 5.39. The molecule has 1 rings (SSSR count). The summed E-state index contributed by atoms with van der Waals surface area (Å²) >= 11 is 0. The second kappa shape index (κ2) is 8.44. The second-order valence-electron chi connectivity index (χ2n) is 4.85. The van der Waals surface area contributed by atoms with Crippen LogP contribution in [0.5, 0.6) is 11.5 Å². The van der Waals surface area contributed by atoms with Crippen molar-refractivity contribution >= 4 is 0 Å². The van der Waals surface area contributed by atoms with E-state index in [1.807, 2.05) is 38.1 Å². The quantitative estimate of drug-likeness (QED) is 0.753. The summed E-state index contributed by atoms with van der Waals surface area (Å²) in [5.41, 5.74) is -0.545. The van der Waals surface area contributed by atoms with E-state index in [0.717, 1.165) is 24.5 Å². The lowest BCUT2D eigenvalue weighted by molar-refractivity contribution is 0.248. The first-order chi connectivity index (χ1) is 9.65. The van der Waals surface area contributed by atoms with Gasteiger partial charge in [0, 0.05) is 6.42 Å². The van der Waals surface area contributed by atoms with Crippen LogP contribution in [0.2, 0.25) is 0 Å². The zero-order valence-corrected chi connectivity index (χ0v) is 12.6. The monoisotopic (exact) mass is 276 g/mol. The number of hydrogen-bond donors (Lipinski definition) is 1. The molecule has 0 aliphatic carbocycles. The minimum atomic E-state index is -0.545. The van der Waals surface area contributed by atoms with Crippen molar-refractivity contribution in [1.29, 1.82) is 5.26 Å². The number of para-hydroxylation sites is 2. The summed E-state index contributed by atoms with van der Waals surface area (Å²) in [4.78, 5) is 0. The van der Waals surface area contributed by atoms with Gasteiger partial charge in [-0.25, -0.2) is 0 Å². The van der Waals surface area contributed by atoms with Crippen molar-refractivity contribution < 1.29 is 9.47 Å². The summed E-state index contributed by atoms with van der Waals surface area (Å²) in [6, 6.07) is 9.92. The van der Waals surface area contributed by atoms with E-state index < -0.39 is 5.54 Å². The summed E-state index contributed by atoms with van der Waals surface area (Å²) in [7, 11) is 0. The molecule has 1 unspecified atom stereocenters. The van der Waals surface area contributed by atoms with Crippen LogP contribution in [0.3, 0.4) is 0 Å². The Morgan fingerprint density at radius 3 is 2.40 bits per heavy atom. The number of nitriles is 1. The summed E-state index contributed by atoms with van der Waals surface area (Å²) in [6.07, 6.45) is 1.63. The van der Waals surface area contributed by atoms with Crippen molar-refractivity contribution in [3.63, 3.8) is 0 Å². The van der Waals surface area contributed by atoms with E-state index in [2.05, 4.69) is 18.3 Å². The topological polar surface area (TPSA) is 54.3 Å². The van der Waals surface area contributed by atoms with Crippen LogP contribution < -0.4 is 14.8 Å². The van der Waals surface area contributed by atoms with Gasteiger partial charge >= 0.3 is 0 Å².